The van der Waals surface area contributed by atoms with Gasteiger partial charge in [-0.25, -0.2) is 4.79 Å². The molecule has 308 valence electrons. The van der Waals surface area contributed by atoms with E-state index in [-0.39, 0.29) is 17.9 Å². The smallest absolute Gasteiger partial charge is 0.344 e. The fourth-order valence-electron chi connectivity index (χ4n) is 13.0. The lowest BCUT2D eigenvalue weighted by Gasteiger charge is -2.63. The predicted molar refractivity (Wildman–Crippen MR) is 219 cm³/mol. The summed E-state index contributed by atoms with van der Waals surface area (Å²) in [5, 5.41) is 14.4. The zero-order chi connectivity index (χ0) is 40.9. The van der Waals surface area contributed by atoms with Gasteiger partial charge >= 0.3 is 17.9 Å². The van der Waals surface area contributed by atoms with Gasteiger partial charge in [-0.3, -0.25) is 19.4 Å². The predicted octanol–water partition coefficient (Wildman–Crippen LogP) is 4.80. The molecule has 1 saturated carbocycles. The molecular weight excluding hydrogens is 737 g/mol. The third-order valence-electron chi connectivity index (χ3n) is 15.1. The van der Waals surface area contributed by atoms with E-state index in [2.05, 4.69) is 58.1 Å². The van der Waals surface area contributed by atoms with Crippen LogP contribution in [0, 0.1) is 11.3 Å². The molecule has 2 N–H and O–H groups in total. The van der Waals surface area contributed by atoms with Crippen LogP contribution in [0.2, 0.25) is 0 Å². The summed E-state index contributed by atoms with van der Waals surface area (Å²) in [5.41, 5.74) is 1.10. The number of aliphatic hydroxyl groups is 1. The first-order valence-electron chi connectivity index (χ1n) is 20.8. The largest absolute Gasteiger partial charge is 0.496 e. The second-order valence-corrected chi connectivity index (χ2v) is 17.5. The summed E-state index contributed by atoms with van der Waals surface area (Å²) in [6.45, 7) is 9.44. The van der Waals surface area contributed by atoms with Crippen LogP contribution in [0.5, 0.6) is 5.75 Å². The monoisotopic (exact) mass is 792 g/mol. The molecule has 2 aromatic carbocycles. The average molecular weight is 793 g/mol. The fourth-order valence-corrected chi connectivity index (χ4v) is 13.0. The van der Waals surface area contributed by atoms with Crippen LogP contribution in [-0.2, 0) is 45.8 Å². The minimum Gasteiger partial charge on any atom is -0.496 e. The van der Waals surface area contributed by atoms with E-state index in [0.717, 1.165) is 65.9 Å². The van der Waals surface area contributed by atoms with Gasteiger partial charge in [0, 0.05) is 90.9 Å². The second kappa shape index (κ2) is 13.7. The van der Waals surface area contributed by atoms with Crippen molar-refractivity contribution in [1.29, 1.82) is 0 Å². The van der Waals surface area contributed by atoms with E-state index < -0.39 is 45.9 Å². The van der Waals surface area contributed by atoms with Gasteiger partial charge in [0.2, 0.25) is 5.60 Å². The molecule has 12 heteroatoms. The SMILES string of the molecule is CCC1=CC2CN(CCc3c([nH]c4ccccc34)[C@@](C(=O)OC)(c3cc4c(cc3OC)N(C)[C@H]3C(O)(C(=O)OC)[C@H](OC(C)=O)[C@]5(CC)C=CCN6CC[C@]43[C@@H]65)C2)C1. The maximum Gasteiger partial charge on any atom is 0.344 e. The number of rotatable bonds is 7. The molecule has 1 spiro atoms. The number of likely N-dealkylation sites (N-methyl/N-ethyl adjacent to an activating group) is 1. The molecule has 3 aromatic rings. The summed E-state index contributed by atoms with van der Waals surface area (Å²) in [5.74, 6) is -1.31. The Morgan fingerprint density at radius 3 is 2.48 bits per heavy atom. The highest BCUT2D eigenvalue weighted by molar-refractivity contribution is 5.95. The van der Waals surface area contributed by atoms with Gasteiger partial charge < -0.3 is 33.9 Å². The molecule has 9 rings (SSSR count). The summed E-state index contributed by atoms with van der Waals surface area (Å²) in [4.78, 5) is 53.4. The molecule has 3 unspecified atom stereocenters. The number of aromatic amines is 1. The topological polar surface area (TPSA) is 134 Å². The number of anilines is 1. The maximum atomic E-state index is 15.3. The van der Waals surface area contributed by atoms with E-state index in [9.17, 15) is 14.7 Å². The van der Waals surface area contributed by atoms with Gasteiger partial charge in [0.25, 0.3) is 0 Å². The molecule has 0 amide bonds. The van der Waals surface area contributed by atoms with Crippen LogP contribution in [0.15, 0.2) is 60.2 Å². The van der Waals surface area contributed by atoms with Crippen LogP contribution < -0.4 is 9.64 Å². The fraction of sp³-hybridized carbons (Fsp3) is 0.543. The van der Waals surface area contributed by atoms with Crippen molar-refractivity contribution in [3.05, 3.63) is 82.6 Å². The molecule has 1 aromatic heterocycles. The van der Waals surface area contributed by atoms with Gasteiger partial charge in [0.15, 0.2) is 6.10 Å². The Labute approximate surface area is 340 Å². The number of aromatic nitrogens is 1. The Kier molecular flexibility index (Phi) is 9.18. The molecule has 1 aliphatic carbocycles. The van der Waals surface area contributed by atoms with Crippen molar-refractivity contribution in [3.63, 3.8) is 0 Å². The summed E-state index contributed by atoms with van der Waals surface area (Å²) in [7, 11) is 6.24. The van der Waals surface area contributed by atoms with Crippen LogP contribution in [-0.4, -0.2) is 123 Å². The number of methoxy groups -OCH3 is 3. The number of hydrogen-bond acceptors (Lipinski definition) is 11. The number of benzene rings is 2. The van der Waals surface area contributed by atoms with E-state index in [0.29, 0.717) is 43.7 Å². The Bertz CT molecular complexity index is 2270. The normalized spacial score (nSPS) is 34.7. The van der Waals surface area contributed by atoms with E-state index in [1.54, 1.807) is 7.11 Å². The number of carbonyl (C=O) groups excluding carboxylic acids is 3. The van der Waals surface area contributed by atoms with Crippen LogP contribution in [0.4, 0.5) is 5.69 Å². The van der Waals surface area contributed by atoms with Crippen molar-refractivity contribution < 1.29 is 38.4 Å². The highest BCUT2D eigenvalue weighted by Crippen LogP contribution is 2.68. The first-order valence-corrected chi connectivity index (χ1v) is 20.8. The number of carbonyl (C=O) groups is 3. The van der Waals surface area contributed by atoms with E-state index >= 15 is 4.79 Å². The molecule has 0 radical (unpaired) electrons. The van der Waals surface area contributed by atoms with Gasteiger partial charge in [-0.1, -0.05) is 55.8 Å². The summed E-state index contributed by atoms with van der Waals surface area (Å²) in [6.07, 6.45) is 8.43. The van der Waals surface area contributed by atoms with Crippen LogP contribution in [0.3, 0.4) is 0 Å². The van der Waals surface area contributed by atoms with Gasteiger partial charge in [0.1, 0.15) is 11.2 Å². The molecule has 2 fully saturated rings. The molecule has 12 nitrogen and oxygen atoms in total. The van der Waals surface area contributed by atoms with E-state index in [1.807, 2.05) is 37.1 Å². The van der Waals surface area contributed by atoms with Crippen molar-refractivity contribution in [2.45, 2.75) is 87.5 Å². The Hall–Kier alpha value is -4.65. The number of para-hydroxylation sites is 1. The van der Waals surface area contributed by atoms with Gasteiger partial charge in [-0.05, 0) is 67.8 Å². The number of H-pyrrole nitrogens is 1. The number of hydrogen-bond donors (Lipinski definition) is 2. The van der Waals surface area contributed by atoms with Crippen LogP contribution in [0.1, 0.15) is 68.8 Å². The summed E-state index contributed by atoms with van der Waals surface area (Å²) >= 11 is 0. The molecule has 6 aliphatic rings. The van der Waals surface area contributed by atoms with Crippen molar-refractivity contribution in [2.75, 3.05) is 66.0 Å². The second-order valence-electron chi connectivity index (χ2n) is 17.5. The zero-order valence-electron chi connectivity index (χ0n) is 34.7. The van der Waals surface area contributed by atoms with Crippen molar-refractivity contribution in [3.8, 4) is 5.75 Å². The number of ether oxygens (including phenoxy) is 4. The lowest BCUT2D eigenvalue weighted by Crippen LogP contribution is -2.81. The molecule has 2 bridgehead atoms. The highest BCUT2D eigenvalue weighted by atomic mass is 16.6. The summed E-state index contributed by atoms with van der Waals surface area (Å²) < 4.78 is 24.0. The summed E-state index contributed by atoms with van der Waals surface area (Å²) in [6, 6.07) is 11.2. The van der Waals surface area contributed by atoms with E-state index in [4.69, 9.17) is 18.9 Å². The molecule has 1 saturated heterocycles. The first kappa shape index (κ1) is 38.8. The van der Waals surface area contributed by atoms with Gasteiger partial charge in [-0.2, -0.15) is 0 Å². The number of nitrogens with zero attached hydrogens (tertiary/aromatic N) is 3. The Balaban J connectivity index is 1.37. The maximum absolute atomic E-state index is 15.3. The zero-order valence-corrected chi connectivity index (χ0v) is 34.7. The molecule has 5 aliphatic heterocycles. The highest BCUT2D eigenvalue weighted by Gasteiger charge is 2.80. The minimum absolute atomic E-state index is 0.0217. The lowest BCUT2D eigenvalue weighted by atomic mass is 9.47. The lowest BCUT2D eigenvalue weighted by molar-refractivity contribution is -0.228. The van der Waals surface area contributed by atoms with Gasteiger partial charge in [0.05, 0.1) is 27.4 Å². The standard InChI is InChI=1S/C46H56N4O8/c1-8-28-21-29-24-45(41(52)56-6,37-31(15-19-49(25-28)26-29)30-13-10-11-14-34(30)47-37)33-22-32-35(23-36(33)55-5)48(4)39-44(32)17-20-50-18-12-16-43(9-2,38(44)50)40(58-27(3)51)46(39,54)42(53)57-7/h10-14,16,21-23,29,38-40,47,54H,8-9,15,17-20,24-26H2,1-7H3/t29?,38-,39+,40+,43+,44+,45-,46?/m0/s1. The quantitative estimate of drug-likeness (QED) is 0.194. The molecule has 9 atom stereocenters. The van der Waals surface area contributed by atoms with Crippen molar-refractivity contribution in [1.82, 2.24) is 14.8 Å². The Morgan fingerprint density at radius 1 is 1.00 bits per heavy atom. The van der Waals surface area contributed by atoms with E-state index in [1.165, 1.54) is 26.7 Å². The number of esters is 3. The van der Waals surface area contributed by atoms with Crippen LogP contribution >= 0.6 is 0 Å². The molecule has 6 heterocycles. The minimum atomic E-state index is -2.28. The number of fused-ring (bicyclic) bond motifs is 6. The Morgan fingerprint density at radius 2 is 1.78 bits per heavy atom. The van der Waals surface area contributed by atoms with Crippen LogP contribution in [0.25, 0.3) is 10.9 Å². The molecular formula is C46H56N4O8. The average Bonchev–Trinajstić information content (AvgIpc) is 3.89. The van der Waals surface area contributed by atoms with Gasteiger partial charge in [-0.15, -0.1) is 0 Å². The third kappa shape index (κ3) is 4.94. The van der Waals surface area contributed by atoms with Crippen molar-refractivity contribution >= 4 is 34.5 Å². The first-order chi connectivity index (χ1) is 27.9. The third-order valence-corrected chi connectivity index (χ3v) is 15.1. The molecule has 58 heavy (non-hydrogen) atoms. The number of nitrogens with one attached hydrogen (secondary N) is 1. The van der Waals surface area contributed by atoms with Crippen molar-refractivity contribution in [2.24, 2.45) is 11.3 Å².